The highest BCUT2D eigenvalue weighted by Gasteiger charge is 2.17. The second-order valence-electron chi connectivity index (χ2n) is 6.84. The van der Waals surface area contributed by atoms with E-state index in [0.717, 1.165) is 24.4 Å². The maximum Gasteiger partial charge on any atom is 0.253 e. The van der Waals surface area contributed by atoms with Gasteiger partial charge in [-0.05, 0) is 36.2 Å². The molecule has 7 heteroatoms. The van der Waals surface area contributed by atoms with Crippen LogP contribution in [0, 0.1) is 0 Å². The molecule has 3 rings (SSSR count). The molecule has 2 amide bonds. The van der Waals surface area contributed by atoms with E-state index >= 15 is 0 Å². The number of hydrogen-bond donors (Lipinski definition) is 2. The van der Waals surface area contributed by atoms with E-state index in [1.807, 2.05) is 29.2 Å². The van der Waals surface area contributed by atoms with E-state index in [9.17, 15) is 9.59 Å². The van der Waals surface area contributed by atoms with Crippen molar-refractivity contribution in [3.05, 3.63) is 59.7 Å². The number of anilines is 1. The molecular formula is C22H27N3O4. The predicted octanol–water partition coefficient (Wildman–Crippen LogP) is 1.94. The molecule has 1 aliphatic rings. The van der Waals surface area contributed by atoms with Gasteiger partial charge in [-0.2, -0.15) is 0 Å². The summed E-state index contributed by atoms with van der Waals surface area (Å²) in [6, 6.07) is 14.8. The number of carbonyl (C=O) groups excluding carboxylic acids is 2. The summed E-state index contributed by atoms with van der Waals surface area (Å²) in [6.07, 6.45) is 0.710. The Morgan fingerprint density at radius 3 is 2.52 bits per heavy atom. The first kappa shape index (κ1) is 20.8. The van der Waals surface area contributed by atoms with Crippen LogP contribution in [0.5, 0.6) is 5.75 Å². The molecule has 1 saturated heterocycles. The topological polar surface area (TPSA) is 79.9 Å². The van der Waals surface area contributed by atoms with Crippen LogP contribution in [-0.4, -0.2) is 63.2 Å². The van der Waals surface area contributed by atoms with Gasteiger partial charge >= 0.3 is 0 Å². The van der Waals surface area contributed by atoms with Gasteiger partial charge in [0.1, 0.15) is 5.75 Å². The summed E-state index contributed by atoms with van der Waals surface area (Å²) in [5.74, 6) is 0.464. The summed E-state index contributed by atoms with van der Waals surface area (Å²) in [5.41, 5.74) is 2.09. The van der Waals surface area contributed by atoms with Crippen LogP contribution in [0.25, 0.3) is 0 Å². The SMILES string of the molecule is COc1ccc(CCNC(=O)c2ccccc2NC(=O)CN2CCOCC2)cc1. The van der Waals surface area contributed by atoms with Crippen LogP contribution < -0.4 is 15.4 Å². The minimum atomic E-state index is -0.208. The Bertz CT molecular complexity index is 817. The minimum absolute atomic E-state index is 0.134. The Balaban J connectivity index is 1.52. The van der Waals surface area contributed by atoms with E-state index in [1.165, 1.54) is 0 Å². The van der Waals surface area contributed by atoms with E-state index in [0.29, 0.717) is 37.4 Å². The monoisotopic (exact) mass is 397 g/mol. The highest BCUT2D eigenvalue weighted by atomic mass is 16.5. The third kappa shape index (κ3) is 6.30. The van der Waals surface area contributed by atoms with Crippen LogP contribution in [0.3, 0.4) is 0 Å². The zero-order chi connectivity index (χ0) is 20.5. The molecule has 0 unspecified atom stereocenters. The summed E-state index contributed by atoms with van der Waals surface area (Å²) in [6.45, 7) is 3.54. The molecule has 0 bridgehead atoms. The molecule has 0 spiro atoms. The van der Waals surface area contributed by atoms with Crippen molar-refractivity contribution in [1.82, 2.24) is 10.2 Å². The van der Waals surface area contributed by atoms with Gasteiger partial charge in [0.2, 0.25) is 5.91 Å². The number of nitrogens with zero attached hydrogens (tertiary/aromatic N) is 1. The highest BCUT2D eigenvalue weighted by molar-refractivity contribution is 6.04. The van der Waals surface area contributed by atoms with Gasteiger partial charge in [-0.1, -0.05) is 24.3 Å². The molecule has 1 fully saturated rings. The molecule has 154 valence electrons. The zero-order valence-corrected chi connectivity index (χ0v) is 16.6. The molecule has 0 atom stereocenters. The van der Waals surface area contributed by atoms with Crippen molar-refractivity contribution in [3.63, 3.8) is 0 Å². The summed E-state index contributed by atoms with van der Waals surface area (Å²) in [5, 5.41) is 5.79. The molecule has 0 saturated carbocycles. The Morgan fingerprint density at radius 1 is 1.07 bits per heavy atom. The number of morpholine rings is 1. The molecule has 2 N–H and O–H groups in total. The Morgan fingerprint density at radius 2 is 1.79 bits per heavy atom. The van der Waals surface area contributed by atoms with Crippen molar-refractivity contribution in [2.24, 2.45) is 0 Å². The van der Waals surface area contributed by atoms with E-state index in [-0.39, 0.29) is 18.4 Å². The lowest BCUT2D eigenvalue weighted by Crippen LogP contribution is -2.41. The number of amides is 2. The third-order valence-corrected chi connectivity index (χ3v) is 4.77. The van der Waals surface area contributed by atoms with Crippen molar-refractivity contribution in [2.75, 3.05) is 51.8 Å². The van der Waals surface area contributed by atoms with E-state index in [1.54, 1.807) is 31.4 Å². The standard InChI is InChI=1S/C22H27N3O4/c1-28-18-8-6-17(7-9-18)10-11-23-22(27)19-4-2-3-5-20(19)24-21(26)16-25-12-14-29-15-13-25/h2-9H,10-16H2,1H3,(H,23,27)(H,24,26). The van der Waals surface area contributed by atoms with Gasteiger partial charge in [0.25, 0.3) is 5.91 Å². The molecule has 7 nitrogen and oxygen atoms in total. The van der Waals surface area contributed by atoms with E-state index < -0.39 is 0 Å². The number of methoxy groups -OCH3 is 1. The lowest BCUT2D eigenvalue weighted by molar-refractivity contribution is -0.118. The van der Waals surface area contributed by atoms with Gasteiger partial charge < -0.3 is 20.1 Å². The van der Waals surface area contributed by atoms with Crippen LogP contribution in [0.2, 0.25) is 0 Å². The number of rotatable bonds is 8. The van der Waals surface area contributed by atoms with E-state index in [4.69, 9.17) is 9.47 Å². The predicted molar refractivity (Wildman–Crippen MR) is 111 cm³/mol. The van der Waals surface area contributed by atoms with Crippen molar-refractivity contribution in [1.29, 1.82) is 0 Å². The van der Waals surface area contributed by atoms with Crippen LogP contribution in [0.15, 0.2) is 48.5 Å². The van der Waals surface area contributed by atoms with Crippen molar-refractivity contribution in [2.45, 2.75) is 6.42 Å². The number of hydrogen-bond acceptors (Lipinski definition) is 5. The number of ether oxygens (including phenoxy) is 2. The largest absolute Gasteiger partial charge is 0.497 e. The molecule has 0 radical (unpaired) electrons. The number of benzene rings is 2. The molecule has 0 aromatic heterocycles. The van der Waals surface area contributed by atoms with Gasteiger partial charge in [-0.3, -0.25) is 14.5 Å². The fourth-order valence-electron chi connectivity index (χ4n) is 3.15. The maximum atomic E-state index is 12.6. The molecular weight excluding hydrogens is 370 g/mol. The van der Waals surface area contributed by atoms with Gasteiger partial charge in [-0.25, -0.2) is 0 Å². The van der Waals surface area contributed by atoms with Crippen molar-refractivity contribution >= 4 is 17.5 Å². The molecule has 1 heterocycles. The lowest BCUT2D eigenvalue weighted by atomic mass is 10.1. The van der Waals surface area contributed by atoms with Gasteiger partial charge in [0, 0.05) is 19.6 Å². The molecule has 1 aliphatic heterocycles. The Hall–Kier alpha value is -2.90. The van der Waals surface area contributed by atoms with E-state index in [2.05, 4.69) is 10.6 Å². The zero-order valence-electron chi connectivity index (χ0n) is 16.6. The van der Waals surface area contributed by atoms with Gasteiger partial charge in [0.15, 0.2) is 0 Å². The molecule has 2 aromatic rings. The first-order valence-corrected chi connectivity index (χ1v) is 9.76. The normalized spacial score (nSPS) is 14.2. The fraction of sp³-hybridized carbons (Fsp3) is 0.364. The quantitative estimate of drug-likeness (QED) is 0.712. The molecule has 2 aromatic carbocycles. The summed E-state index contributed by atoms with van der Waals surface area (Å²) in [7, 11) is 1.63. The molecule has 0 aliphatic carbocycles. The second kappa shape index (κ2) is 10.6. The number of nitrogens with one attached hydrogen (secondary N) is 2. The maximum absolute atomic E-state index is 12.6. The minimum Gasteiger partial charge on any atom is -0.497 e. The van der Waals surface area contributed by atoms with Gasteiger partial charge in [-0.15, -0.1) is 0 Å². The second-order valence-corrected chi connectivity index (χ2v) is 6.84. The smallest absolute Gasteiger partial charge is 0.253 e. The number of carbonyl (C=O) groups is 2. The Labute approximate surface area is 171 Å². The third-order valence-electron chi connectivity index (χ3n) is 4.77. The van der Waals surface area contributed by atoms with Crippen LogP contribution in [0.1, 0.15) is 15.9 Å². The average Bonchev–Trinajstić information content (AvgIpc) is 2.75. The van der Waals surface area contributed by atoms with Gasteiger partial charge in [0.05, 0.1) is 38.1 Å². The Kier molecular flexibility index (Phi) is 7.61. The van der Waals surface area contributed by atoms with Crippen LogP contribution >= 0.6 is 0 Å². The first-order valence-electron chi connectivity index (χ1n) is 9.76. The molecule has 29 heavy (non-hydrogen) atoms. The van der Waals surface area contributed by atoms with Crippen molar-refractivity contribution < 1.29 is 19.1 Å². The first-order chi connectivity index (χ1) is 14.2. The lowest BCUT2D eigenvalue weighted by Gasteiger charge is -2.25. The number of para-hydroxylation sites is 1. The highest BCUT2D eigenvalue weighted by Crippen LogP contribution is 2.15. The average molecular weight is 397 g/mol. The summed E-state index contributed by atoms with van der Waals surface area (Å²) < 4.78 is 10.4. The van der Waals surface area contributed by atoms with Crippen LogP contribution in [0.4, 0.5) is 5.69 Å². The summed E-state index contributed by atoms with van der Waals surface area (Å²) >= 11 is 0. The fourth-order valence-corrected chi connectivity index (χ4v) is 3.15. The van der Waals surface area contributed by atoms with Crippen LogP contribution in [-0.2, 0) is 16.0 Å². The summed E-state index contributed by atoms with van der Waals surface area (Å²) in [4.78, 5) is 27.0. The van der Waals surface area contributed by atoms with Crippen molar-refractivity contribution in [3.8, 4) is 5.75 Å².